The molecule has 7 aromatic carbocycles. The van der Waals surface area contributed by atoms with Crippen molar-refractivity contribution in [1.29, 1.82) is 0 Å². The van der Waals surface area contributed by atoms with E-state index in [1.807, 2.05) is 0 Å². The molecule has 0 saturated carbocycles. The summed E-state index contributed by atoms with van der Waals surface area (Å²) in [5.41, 5.74) is 13.8. The number of hydrogen-bond donors (Lipinski definition) is 0. The molecule has 0 aromatic heterocycles. The van der Waals surface area contributed by atoms with Gasteiger partial charge < -0.3 is 4.90 Å². The Morgan fingerprint density at radius 1 is 0.417 bits per heavy atom. The molecule has 0 N–H and O–H groups in total. The Balaban J connectivity index is 1.06. The number of rotatable bonds is 9. The Kier molecular flexibility index (Phi) is 8.70. The number of fused-ring (bicyclic) bond motifs is 1. The monoisotopic (exact) mass is 621 g/mol. The van der Waals surface area contributed by atoms with Crippen LogP contribution in [-0.4, -0.2) is 7.05 Å². The van der Waals surface area contributed by atoms with E-state index in [0.717, 1.165) is 12.8 Å². The maximum atomic E-state index is 2.34. The molecule has 7 rings (SSSR count). The second-order valence-corrected chi connectivity index (χ2v) is 13.0. The van der Waals surface area contributed by atoms with Gasteiger partial charge in [0.15, 0.2) is 0 Å². The fourth-order valence-electron chi connectivity index (χ4n) is 7.22. The van der Waals surface area contributed by atoms with Crippen molar-refractivity contribution >= 4 is 22.1 Å². The Bertz CT molecular complexity index is 2120. The lowest BCUT2D eigenvalue weighted by Crippen LogP contribution is -2.26. The SMILES string of the molecule is CCC(CC)(c1ccc(-c2ccc(C)cc2)cc1)c1ccc(-c2ccc(N(C)c3ccc(-c4ccc5ccccc5c4)cc3)cc2)cc1. The molecule has 0 bridgehead atoms. The van der Waals surface area contributed by atoms with E-state index in [1.54, 1.807) is 0 Å². The smallest absolute Gasteiger partial charge is 0.0408 e. The van der Waals surface area contributed by atoms with Crippen LogP contribution < -0.4 is 4.90 Å². The first-order valence-electron chi connectivity index (χ1n) is 17.2. The molecule has 236 valence electrons. The molecule has 1 heteroatoms. The van der Waals surface area contributed by atoms with Gasteiger partial charge in [0.2, 0.25) is 0 Å². The van der Waals surface area contributed by atoms with Crippen molar-refractivity contribution in [1.82, 2.24) is 0 Å². The van der Waals surface area contributed by atoms with E-state index in [4.69, 9.17) is 0 Å². The predicted octanol–water partition coefficient (Wildman–Crippen LogP) is 13.0. The summed E-state index contributed by atoms with van der Waals surface area (Å²) in [5, 5.41) is 2.54. The Hall–Kier alpha value is -5.40. The van der Waals surface area contributed by atoms with Crippen molar-refractivity contribution in [3.63, 3.8) is 0 Å². The zero-order valence-corrected chi connectivity index (χ0v) is 28.4. The molecule has 0 spiro atoms. The summed E-state index contributed by atoms with van der Waals surface area (Å²) >= 11 is 0. The van der Waals surface area contributed by atoms with E-state index in [0.29, 0.717) is 0 Å². The molecule has 0 atom stereocenters. The molecule has 48 heavy (non-hydrogen) atoms. The molecule has 0 saturated heterocycles. The Morgan fingerprint density at radius 2 is 0.792 bits per heavy atom. The van der Waals surface area contributed by atoms with Crippen LogP contribution in [0.2, 0.25) is 0 Å². The first-order chi connectivity index (χ1) is 23.5. The average Bonchev–Trinajstić information content (AvgIpc) is 3.16. The standard InChI is InChI=1S/C47H43N/c1-5-47(6-2,43-25-17-37(18-26-43)36-13-11-34(3)12-14-36)44-27-19-38(20-28-44)39-21-29-45(30-22-39)48(4)46-31-23-40(24-32-46)42-16-15-35-9-7-8-10-41(35)33-42/h7-33H,5-6H2,1-4H3. The number of benzene rings is 7. The van der Waals surface area contributed by atoms with E-state index in [9.17, 15) is 0 Å². The number of anilines is 2. The maximum Gasteiger partial charge on any atom is 0.0408 e. The minimum atomic E-state index is -0.0131. The van der Waals surface area contributed by atoms with Crippen LogP contribution in [0.15, 0.2) is 164 Å². The average molecular weight is 622 g/mol. The van der Waals surface area contributed by atoms with Crippen molar-refractivity contribution in [2.75, 3.05) is 11.9 Å². The van der Waals surface area contributed by atoms with Crippen LogP contribution in [0.5, 0.6) is 0 Å². The summed E-state index contributed by atoms with van der Waals surface area (Å²) in [6.07, 6.45) is 2.11. The molecule has 0 aliphatic heterocycles. The Morgan fingerprint density at radius 3 is 1.25 bits per heavy atom. The van der Waals surface area contributed by atoms with Crippen molar-refractivity contribution in [3.8, 4) is 33.4 Å². The van der Waals surface area contributed by atoms with E-state index in [-0.39, 0.29) is 5.41 Å². The second-order valence-electron chi connectivity index (χ2n) is 13.0. The molecule has 0 unspecified atom stereocenters. The van der Waals surface area contributed by atoms with Crippen molar-refractivity contribution in [2.45, 2.75) is 39.0 Å². The van der Waals surface area contributed by atoms with E-state index in [1.165, 1.54) is 72.2 Å². The molecular weight excluding hydrogens is 579 g/mol. The lowest BCUT2D eigenvalue weighted by Gasteiger charge is -2.33. The van der Waals surface area contributed by atoms with Gasteiger partial charge in [0.05, 0.1) is 0 Å². The highest BCUT2D eigenvalue weighted by Gasteiger charge is 2.30. The van der Waals surface area contributed by atoms with Gasteiger partial charge in [-0.15, -0.1) is 0 Å². The number of nitrogens with zero attached hydrogens (tertiary/aromatic N) is 1. The van der Waals surface area contributed by atoms with Crippen LogP contribution in [0, 0.1) is 6.92 Å². The lowest BCUT2D eigenvalue weighted by atomic mass is 9.70. The summed E-state index contributed by atoms with van der Waals surface area (Å²) < 4.78 is 0. The quantitative estimate of drug-likeness (QED) is 0.155. The third-order valence-electron chi connectivity index (χ3n) is 10.4. The third-order valence-corrected chi connectivity index (χ3v) is 10.4. The number of aryl methyl sites for hydroxylation is 1. The number of hydrogen-bond acceptors (Lipinski definition) is 1. The zero-order chi connectivity index (χ0) is 33.1. The van der Waals surface area contributed by atoms with Crippen LogP contribution in [0.4, 0.5) is 11.4 Å². The van der Waals surface area contributed by atoms with Gasteiger partial charge in [-0.1, -0.05) is 153 Å². The predicted molar refractivity (Wildman–Crippen MR) is 207 cm³/mol. The molecular formula is C47H43N. The maximum absolute atomic E-state index is 2.34. The van der Waals surface area contributed by atoms with Crippen LogP contribution in [-0.2, 0) is 5.41 Å². The largest absolute Gasteiger partial charge is 0.345 e. The molecule has 0 radical (unpaired) electrons. The first kappa shape index (κ1) is 31.2. The summed E-state index contributed by atoms with van der Waals surface area (Å²) in [5.74, 6) is 0. The Labute approximate surface area is 286 Å². The van der Waals surface area contributed by atoms with Gasteiger partial charge in [0.1, 0.15) is 0 Å². The normalized spacial score (nSPS) is 11.5. The second kappa shape index (κ2) is 13.4. The summed E-state index contributed by atoms with van der Waals surface area (Å²) in [7, 11) is 2.14. The van der Waals surface area contributed by atoms with Crippen LogP contribution in [0.25, 0.3) is 44.2 Å². The van der Waals surface area contributed by atoms with E-state index in [2.05, 4.69) is 197 Å². The summed E-state index contributed by atoms with van der Waals surface area (Å²) in [6.45, 7) is 6.77. The van der Waals surface area contributed by atoms with Crippen molar-refractivity contribution < 1.29 is 0 Å². The highest BCUT2D eigenvalue weighted by molar-refractivity contribution is 5.87. The van der Waals surface area contributed by atoms with Gasteiger partial charge in [0.25, 0.3) is 0 Å². The lowest BCUT2D eigenvalue weighted by molar-refractivity contribution is 0.478. The van der Waals surface area contributed by atoms with Crippen molar-refractivity contribution in [3.05, 3.63) is 180 Å². The van der Waals surface area contributed by atoms with Crippen molar-refractivity contribution in [2.24, 2.45) is 0 Å². The highest BCUT2D eigenvalue weighted by Crippen LogP contribution is 2.40. The molecule has 7 aromatic rings. The third kappa shape index (κ3) is 6.05. The zero-order valence-electron chi connectivity index (χ0n) is 28.4. The fraction of sp³-hybridized carbons (Fsp3) is 0.149. The molecule has 0 amide bonds. The molecule has 0 heterocycles. The van der Waals surface area contributed by atoms with Gasteiger partial charge in [-0.05, 0) is 105 Å². The van der Waals surface area contributed by atoms with E-state index >= 15 is 0 Å². The van der Waals surface area contributed by atoms with Crippen LogP contribution >= 0.6 is 0 Å². The molecule has 0 aliphatic rings. The van der Waals surface area contributed by atoms with Gasteiger partial charge in [-0.25, -0.2) is 0 Å². The minimum absolute atomic E-state index is 0.0131. The fourth-order valence-corrected chi connectivity index (χ4v) is 7.22. The van der Waals surface area contributed by atoms with Gasteiger partial charge in [-0.3, -0.25) is 0 Å². The molecule has 0 aliphatic carbocycles. The topological polar surface area (TPSA) is 3.24 Å². The molecule has 0 fully saturated rings. The summed E-state index contributed by atoms with van der Waals surface area (Å²) in [6, 6.07) is 60.3. The minimum Gasteiger partial charge on any atom is -0.345 e. The first-order valence-corrected chi connectivity index (χ1v) is 17.2. The van der Waals surface area contributed by atoms with Gasteiger partial charge in [0, 0.05) is 23.8 Å². The van der Waals surface area contributed by atoms with Crippen LogP contribution in [0.1, 0.15) is 43.4 Å². The molecule has 1 nitrogen and oxygen atoms in total. The highest BCUT2D eigenvalue weighted by atomic mass is 15.1. The van der Waals surface area contributed by atoms with Gasteiger partial charge in [-0.2, -0.15) is 0 Å². The van der Waals surface area contributed by atoms with Crippen LogP contribution in [0.3, 0.4) is 0 Å². The van der Waals surface area contributed by atoms with Gasteiger partial charge >= 0.3 is 0 Å². The van der Waals surface area contributed by atoms with E-state index < -0.39 is 0 Å². The summed E-state index contributed by atoms with van der Waals surface area (Å²) in [4.78, 5) is 2.25.